The molecule has 0 saturated carbocycles. The van der Waals surface area contributed by atoms with Crippen molar-refractivity contribution >= 4 is 13.1 Å². The van der Waals surface area contributed by atoms with Crippen molar-refractivity contribution in [1.29, 1.82) is 0 Å². The normalized spacial score (nSPS) is 11.2. The fourth-order valence-corrected chi connectivity index (χ4v) is 3.19. The fourth-order valence-electron chi connectivity index (χ4n) is 3.19. The molecular weight excluding hydrogens is 444 g/mol. The van der Waals surface area contributed by atoms with E-state index in [1.807, 2.05) is 24.3 Å². The predicted molar refractivity (Wildman–Crippen MR) is 122 cm³/mol. The summed E-state index contributed by atoms with van der Waals surface area (Å²) < 4.78 is 39.3. The summed E-state index contributed by atoms with van der Waals surface area (Å²) in [5.41, 5.74) is 2.98. The van der Waals surface area contributed by atoms with Crippen molar-refractivity contribution in [3.05, 3.63) is 71.6 Å². The van der Waals surface area contributed by atoms with Crippen LogP contribution in [0, 0.1) is 11.6 Å². The first-order valence-corrected chi connectivity index (χ1v) is 10.2. The van der Waals surface area contributed by atoms with Crippen molar-refractivity contribution in [2.45, 2.75) is 13.2 Å². The van der Waals surface area contributed by atoms with E-state index < -0.39 is 11.6 Å². The Morgan fingerprint density at radius 1 is 1.18 bits per heavy atom. The van der Waals surface area contributed by atoms with Gasteiger partial charge in [0.05, 0.1) is 24.0 Å². The van der Waals surface area contributed by atoms with Crippen molar-refractivity contribution in [3.8, 4) is 28.6 Å². The van der Waals surface area contributed by atoms with E-state index in [-0.39, 0.29) is 18.2 Å². The number of aromatic nitrogens is 4. The lowest BCUT2D eigenvalue weighted by molar-refractivity contribution is 0.292. The summed E-state index contributed by atoms with van der Waals surface area (Å²) in [6.45, 7) is 4.09. The van der Waals surface area contributed by atoms with Gasteiger partial charge in [-0.3, -0.25) is 14.7 Å². The van der Waals surface area contributed by atoms with Gasteiger partial charge in [0.2, 0.25) is 5.82 Å². The molecule has 0 atom stereocenters. The van der Waals surface area contributed by atoms with Crippen LogP contribution in [0.25, 0.3) is 22.8 Å². The summed E-state index contributed by atoms with van der Waals surface area (Å²) in [4.78, 5) is 8.42. The molecule has 0 radical (unpaired) electrons. The maximum absolute atomic E-state index is 13.5. The molecular formula is C23H21F2N7O2. The molecule has 0 bridgehead atoms. The summed E-state index contributed by atoms with van der Waals surface area (Å²) in [6.07, 6.45) is 3.17. The van der Waals surface area contributed by atoms with Crippen molar-refractivity contribution in [3.63, 3.8) is 0 Å². The van der Waals surface area contributed by atoms with E-state index in [2.05, 4.69) is 32.1 Å². The van der Waals surface area contributed by atoms with Crippen LogP contribution in [-0.2, 0) is 20.2 Å². The van der Waals surface area contributed by atoms with Gasteiger partial charge >= 0.3 is 0 Å². The Hall–Kier alpha value is -4.41. The zero-order valence-electron chi connectivity index (χ0n) is 18.5. The highest BCUT2D eigenvalue weighted by atomic mass is 19.2. The Labute approximate surface area is 194 Å². The second kappa shape index (κ2) is 10.0. The molecule has 4 rings (SSSR count). The molecule has 0 aliphatic rings. The molecule has 34 heavy (non-hydrogen) atoms. The van der Waals surface area contributed by atoms with Gasteiger partial charge in [-0.15, -0.1) is 0 Å². The number of aryl methyl sites for hydroxylation is 1. The lowest BCUT2D eigenvalue weighted by atomic mass is 10.1. The highest BCUT2D eigenvalue weighted by Crippen LogP contribution is 2.26. The fraction of sp³-hybridized carbons (Fsp3) is 0.174. The lowest BCUT2D eigenvalue weighted by Crippen LogP contribution is -2.13. The van der Waals surface area contributed by atoms with Crippen LogP contribution in [0.1, 0.15) is 11.3 Å². The van der Waals surface area contributed by atoms with E-state index in [0.717, 1.165) is 23.3 Å². The zero-order chi connectivity index (χ0) is 24.1. The van der Waals surface area contributed by atoms with Gasteiger partial charge in [0.25, 0.3) is 5.89 Å². The highest BCUT2D eigenvalue weighted by Gasteiger charge is 2.19. The van der Waals surface area contributed by atoms with Gasteiger partial charge in [0, 0.05) is 32.4 Å². The number of hydrogen-bond acceptors (Lipinski definition) is 7. The molecule has 0 fully saturated rings. The Morgan fingerprint density at radius 3 is 2.68 bits per heavy atom. The SMILES string of the molecule is C=NN(C=NC)Cc1ccc(-c2noc(-c3cnn(C)c3COc3ccc(F)c(F)c3)n2)cc1. The van der Waals surface area contributed by atoms with Crippen LogP contribution >= 0.6 is 0 Å². The number of nitrogens with zero attached hydrogens (tertiary/aromatic N) is 7. The molecule has 0 saturated heterocycles. The molecule has 2 aromatic carbocycles. The maximum Gasteiger partial charge on any atom is 0.261 e. The molecule has 9 nitrogen and oxygen atoms in total. The van der Waals surface area contributed by atoms with Gasteiger partial charge in [0.1, 0.15) is 18.7 Å². The Kier molecular flexibility index (Phi) is 6.72. The molecule has 4 aromatic rings. The molecule has 11 heteroatoms. The number of benzene rings is 2. The van der Waals surface area contributed by atoms with Crippen LogP contribution in [-0.4, -0.2) is 45.0 Å². The summed E-state index contributed by atoms with van der Waals surface area (Å²) in [5, 5.41) is 13.8. The molecule has 2 aromatic heterocycles. The van der Waals surface area contributed by atoms with E-state index in [4.69, 9.17) is 9.26 Å². The van der Waals surface area contributed by atoms with Gasteiger partial charge in [-0.05, 0) is 17.7 Å². The number of hydrogen-bond donors (Lipinski definition) is 0. The number of rotatable bonds is 9. The smallest absolute Gasteiger partial charge is 0.261 e. The molecule has 0 aliphatic heterocycles. The molecule has 0 amide bonds. The third kappa shape index (κ3) is 4.98. The van der Waals surface area contributed by atoms with Crippen molar-refractivity contribution in [1.82, 2.24) is 24.9 Å². The second-order valence-electron chi connectivity index (χ2n) is 7.23. The first-order chi connectivity index (χ1) is 16.5. The van der Waals surface area contributed by atoms with Crippen LogP contribution < -0.4 is 4.74 Å². The summed E-state index contributed by atoms with van der Waals surface area (Å²) in [7, 11) is 3.39. The minimum atomic E-state index is -0.984. The minimum Gasteiger partial charge on any atom is -0.487 e. The van der Waals surface area contributed by atoms with E-state index in [1.165, 1.54) is 6.07 Å². The molecule has 0 aliphatic carbocycles. The molecule has 174 valence electrons. The summed E-state index contributed by atoms with van der Waals surface area (Å²) in [5.74, 6) is -1.07. The monoisotopic (exact) mass is 465 g/mol. The van der Waals surface area contributed by atoms with E-state index in [1.54, 1.807) is 36.3 Å². The first-order valence-electron chi connectivity index (χ1n) is 10.2. The van der Waals surface area contributed by atoms with Crippen LogP contribution in [0.2, 0.25) is 0 Å². The standard InChI is InChI=1S/C23H21F2N7O2/c1-26-14-32(27-2)12-15-4-6-16(7-5-15)22-29-23(34-30-22)18-11-28-31(3)21(18)13-33-17-8-9-19(24)20(25)10-17/h4-11,14H,2,12-13H2,1,3H3. The predicted octanol–water partition coefficient (Wildman–Crippen LogP) is 4.07. The quantitative estimate of drug-likeness (QED) is 0.210. The van der Waals surface area contributed by atoms with Crippen molar-refractivity contribution < 1.29 is 18.0 Å². The van der Waals surface area contributed by atoms with Crippen LogP contribution in [0.5, 0.6) is 5.75 Å². The van der Waals surface area contributed by atoms with Gasteiger partial charge in [-0.1, -0.05) is 29.4 Å². The highest BCUT2D eigenvalue weighted by molar-refractivity contribution is 5.61. The molecule has 0 spiro atoms. The van der Waals surface area contributed by atoms with Crippen molar-refractivity contribution in [2.75, 3.05) is 7.05 Å². The Bertz CT molecular complexity index is 1320. The number of halogens is 2. The second-order valence-corrected chi connectivity index (χ2v) is 7.23. The van der Waals surface area contributed by atoms with Crippen molar-refractivity contribution in [2.24, 2.45) is 17.1 Å². The van der Waals surface area contributed by atoms with Gasteiger partial charge in [-0.2, -0.15) is 15.2 Å². The number of aliphatic imine (C=N–C) groups is 1. The first kappa shape index (κ1) is 22.8. The third-order valence-corrected chi connectivity index (χ3v) is 4.97. The topological polar surface area (TPSA) is 93.9 Å². The number of ether oxygens (including phenoxy) is 1. The van der Waals surface area contributed by atoms with Crippen LogP contribution in [0.3, 0.4) is 0 Å². The summed E-state index contributed by atoms with van der Waals surface area (Å²) in [6, 6.07) is 11.0. The number of hydrazone groups is 1. The van der Waals surface area contributed by atoms with Gasteiger partial charge < -0.3 is 9.26 Å². The third-order valence-electron chi connectivity index (χ3n) is 4.97. The largest absolute Gasteiger partial charge is 0.487 e. The molecule has 2 heterocycles. The maximum atomic E-state index is 13.5. The Balaban J connectivity index is 1.50. The van der Waals surface area contributed by atoms with Crippen LogP contribution in [0.15, 0.2) is 63.3 Å². The molecule has 0 N–H and O–H groups in total. The van der Waals surface area contributed by atoms with Gasteiger partial charge in [0.15, 0.2) is 11.6 Å². The zero-order valence-corrected chi connectivity index (χ0v) is 18.5. The average Bonchev–Trinajstić information content (AvgIpc) is 3.47. The van der Waals surface area contributed by atoms with E-state index >= 15 is 0 Å². The minimum absolute atomic E-state index is 0.0399. The van der Waals surface area contributed by atoms with E-state index in [9.17, 15) is 8.78 Å². The Morgan fingerprint density at radius 2 is 1.97 bits per heavy atom. The van der Waals surface area contributed by atoms with Gasteiger partial charge in [-0.25, -0.2) is 8.78 Å². The lowest BCUT2D eigenvalue weighted by Gasteiger charge is -2.12. The summed E-state index contributed by atoms with van der Waals surface area (Å²) >= 11 is 0. The van der Waals surface area contributed by atoms with E-state index in [0.29, 0.717) is 23.6 Å². The molecule has 0 unspecified atom stereocenters. The van der Waals surface area contributed by atoms with Crippen LogP contribution in [0.4, 0.5) is 8.78 Å². The average molecular weight is 465 g/mol.